The lowest BCUT2D eigenvalue weighted by molar-refractivity contribution is 0.172. The largest absolute Gasteiger partial charge is 0.384 e. The van der Waals surface area contributed by atoms with Crippen molar-refractivity contribution in [3.63, 3.8) is 0 Å². The van der Waals surface area contributed by atoms with Crippen LogP contribution >= 0.6 is 0 Å². The van der Waals surface area contributed by atoms with Gasteiger partial charge in [0.15, 0.2) is 0 Å². The molecule has 4 aromatic rings. The van der Waals surface area contributed by atoms with E-state index in [0.29, 0.717) is 23.3 Å². The molecule has 1 fully saturated rings. The Morgan fingerprint density at radius 2 is 2.00 bits per heavy atom. The molecule has 0 saturated carbocycles. The molecule has 0 bridgehead atoms. The maximum atomic E-state index is 14.3. The van der Waals surface area contributed by atoms with Crippen LogP contribution in [-0.4, -0.2) is 49.5 Å². The van der Waals surface area contributed by atoms with Crippen molar-refractivity contribution in [2.45, 2.75) is 24.8 Å². The molecule has 2 N–H and O–H groups in total. The fourth-order valence-corrected chi connectivity index (χ4v) is 5.05. The van der Waals surface area contributed by atoms with E-state index in [-0.39, 0.29) is 17.2 Å². The summed E-state index contributed by atoms with van der Waals surface area (Å²) >= 11 is 0. The highest BCUT2D eigenvalue weighted by atomic mass is 19.1. The van der Waals surface area contributed by atoms with Gasteiger partial charge in [-0.2, -0.15) is 10.2 Å². The van der Waals surface area contributed by atoms with Crippen molar-refractivity contribution in [2.75, 3.05) is 25.0 Å². The average molecular weight is 446 g/mol. The van der Waals surface area contributed by atoms with E-state index in [4.69, 9.17) is 0 Å². The summed E-state index contributed by atoms with van der Waals surface area (Å²) in [5.74, 6) is -0.0542. The topological polar surface area (TPSA) is 91.7 Å². The van der Waals surface area contributed by atoms with Crippen molar-refractivity contribution in [1.29, 1.82) is 0 Å². The van der Waals surface area contributed by atoms with Gasteiger partial charge in [0.1, 0.15) is 18.0 Å². The van der Waals surface area contributed by atoms with Crippen molar-refractivity contribution in [3.05, 3.63) is 81.5 Å². The Labute approximate surface area is 189 Å². The quantitative estimate of drug-likeness (QED) is 0.502. The van der Waals surface area contributed by atoms with Crippen LogP contribution in [0.4, 0.5) is 10.1 Å². The van der Waals surface area contributed by atoms with E-state index in [1.54, 1.807) is 4.68 Å². The van der Waals surface area contributed by atoms with E-state index in [1.807, 2.05) is 7.05 Å². The molecule has 2 aromatic carbocycles. The van der Waals surface area contributed by atoms with E-state index in [0.717, 1.165) is 31.0 Å². The zero-order valence-electron chi connectivity index (χ0n) is 18.3. The van der Waals surface area contributed by atoms with Crippen molar-refractivity contribution in [1.82, 2.24) is 29.9 Å². The standard InChI is InChI=1S/C24H24FN7O/c1-31-23(27-13-28-31)21-18(15-5-3-14(4-6-15)12-32-7-2-8-32)11-26-19-10-16(25)9-17-20(19)22(21)29-30-24(17)33/h3-6,9-10,13,18,21,26H,2,7-8,11-12H2,1H3,(H,30,33). The number of H-pyrrole nitrogens is 1. The van der Waals surface area contributed by atoms with Gasteiger partial charge in [-0.1, -0.05) is 24.3 Å². The summed E-state index contributed by atoms with van der Waals surface area (Å²) in [6.45, 7) is 3.81. The van der Waals surface area contributed by atoms with Gasteiger partial charge < -0.3 is 5.32 Å². The Hall–Kier alpha value is -3.59. The normalized spacial score (nSPS) is 20.3. The predicted octanol–water partition coefficient (Wildman–Crippen LogP) is 2.74. The van der Waals surface area contributed by atoms with Crippen molar-refractivity contribution in [3.8, 4) is 0 Å². The number of aromatic nitrogens is 5. The Kier molecular flexibility index (Phi) is 4.72. The zero-order chi connectivity index (χ0) is 22.5. The number of rotatable bonds is 4. The summed E-state index contributed by atoms with van der Waals surface area (Å²) < 4.78 is 16.1. The molecule has 9 heteroatoms. The summed E-state index contributed by atoms with van der Waals surface area (Å²) in [5.41, 5.74) is 3.22. The third-order valence-electron chi connectivity index (χ3n) is 6.88. The maximum Gasteiger partial charge on any atom is 0.272 e. The molecule has 8 nitrogen and oxygen atoms in total. The minimum atomic E-state index is -0.461. The molecule has 2 aromatic heterocycles. The highest BCUT2D eigenvalue weighted by Crippen LogP contribution is 2.43. The molecule has 0 aliphatic carbocycles. The maximum absolute atomic E-state index is 14.3. The second kappa shape index (κ2) is 7.77. The Bertz CT molecular complexity index is 1390. The van der Waals surface area contributed by atoms with E-state index < -0.39 is 11.4 Å². The van der Waals surface area contributed by atoms with Gasteiger partial charge in [-0.25, -0.2) is 14.5 Å². The first-order valence-corrected chi connectivity index (χ1v) is 11.2. The van der Waals surface area contributed by atoms with Gasteiger partial charge in [-0.05, 0) is 42.8 Å². The summed E-state index contributed by atoms with van der Waals surface area (Å²) in [7, 11) is 1.85. The lowest BCUT2D eigenvalue weighted by Crippen LogP contribution is -2.36. The highest BCUT2D eigenvalue weighted by molar-refractivity contribution is 5.96. The number of aromatic amines is 1. The van der Waals surface area contributed by atoms with Gasteiger partial charge in [0.05, 0.1) is 17.0 Å². The minimum absolute atomic E-state index is 0.0528. The number of nitrogens with zero attached hydrogens (tertiary/aromatic N) is 5. The molecule has 0 radical (unpaired) electrons. The number of halogens is 1. The Balaban J connectivity index is 1.50. The number of nitrogens with one attached hydrogen (secondary N) is 2. The molecular formula is C24H24FN7O. The molecule has 168 valence electrons. The third-order valence-corrected chi connectivity index (χ3v) is 6.88. The molecule has 6 rings (SSSR count). The smallest absolute Gasteiger partial charge is 0.272 e. The summed E-state index contributed by atoms with van der Waals surface area (Å²) in [6.07, 6.45) is 2.79. The van der Waals surface area contributed by atoms with Gasteiger partial charge in [0.25, 0.3) is 5.56 Å². The Morgan fingerprint density at radius 3 is 2.70 bits per heavy atom. The van der Waals surface area contributed by atoms with Crippen LogP contribution in [0.15, 0.2) is 47.5 Å². The average Bonchev–Trinajstić information content (AvgIpc) is 3.13. The van der Waals surface area contributed by atoms with E-state index >= 15 is 0 Å². The first-order chi connectivity index (χ1) is 16.1. The number of likely N-dealkylation sites (tertiary alicyclic amines) is 1. The molecule has 2 aliphatic rings. The lowest BCUT2D eigenvalue weighted by Gasteiger charge is -2.31. The fourth-order valence-electron chi connectivity index (χ4n) is 5.05. The molecule has 0 spiro atoms. The highest BCUT2D eigenvalue weighted by Gasteiger charge is 2.36. The molecule has 2 unspecified atom stereocenters. The number of aryl methyl sites for hydroxylation is 1. The van der Waals surface area contributed by atoms with Crippen molar-refractivity contribution in [2.24, 2.45) is 7.05 Å². The van der Waals surface area contributed by atoms with E-state index in [2.05, 4.69) is 54.8 Å². The van der Waals surface area contributed by atoms with E-state index in [1.165, 1.54) is 30.4 Å². The van der Waals surface area contributed by atoms with Crippen LogP contribution in [0.25, 0.3) is 10.8 Å². The van der Waals surface area contributed by atoms with Crippen LogP contribution in [0.2, 0.25) is 0 Å². The summed E-state index contributed by atoms with van der Waals surface area (Å²) in [5, 5.41) is 15.6. The monoisotopic (exact) mass is 445 g/mol. The first kappa shape index (κ1) is 20.0. The van der Waals surface area contributed by atoms with Gasteiger partial charge in [0, 0.05) is 37.1 Å². The fraction of sp³-hybridized carbons (Fsp3) is 0.333. The predicted molar refractivity (Wildman–Crippen MR) is 123 cm³/mol. The Morgan fingerprint density at radius 1 is 1.18 bits per heavy atom. The molecule has 4 heterocycles. The van der Waals surface area contributed by atoms with E-state index in [9.17, 15) is 9.18 Å². The SMILES string of the molecule is Cn1ncnc1C1c2n[nH]c(=O)c3cc(F)cc(c23)NCC1c1ccc(CN2CCC2)cc1. The van der Waals surface area contributed by atoms with Crippen LogP contribution < -0.4 is 10.9 Å². The van der Waals surface area contributed by atoms with Gasteiger partial charge >= 0.3 is 0 Å². The van der Waals surface area contributed by atoms with Crippen LogP contribution in [0.1, 0.15) is 40.9 Å². The second-order valence-electron chi connectivity index (χ2n) is 8.89. The molecule has 1 saturated heterocycles. The lowest BCUT2D eigenvalue weighted by atomic mass is 9.82. The van der Waals surface area contributed by atoms with Gasteiger partial charge in [0.2, 0.25) is 0 Å². The molecule has 0 amide bonds. The van der Waals surface area contributed by atoms with Crippen molar-refractivity contribution < 1.29 is 4.39 Å². The number of benzene rings is 2. The number of hydrogen-bond acceptors (Lipinski definition) is 6. The van der Waals surface area contributed by atoms with Crippen LogP contribution in [0.5, 0.6) is 0 Å². The minimum Gasteiger partial charge on any atom is -0.384 e. The summed E-state index contributed by atoms with van der Waals surface area (Å²) in [6, 6.07) is 11.4. The van der Waals surface area contributed by atoms with Crippen LogP contribution in [0.3, 0.4) is 0 Å². The second-order valence-corrected chi connectivity index (χ2v) is 8.89. The van der Waals surface area contributed by atoms with Crippen LogP contribution in [0, 0.1) is 5.82 Å². The van der Waals surface area contributed by atoms with Gasteiger partial charge in [-0.3, -0.25) is 14.4 Å². The molecule has 2 atom stereocenters. The molecule has 33 heavy (non-hydrogen) atoms. The van der Waals surface area contributed by atoms with Crippen molar-refractivity contribution >= 4 is 16.5 Å². The number of hydrogen-bond donors (Lipinski definition) is 2. The zero-order valence-corrected chi connectivity index (χ0v) is 18.3. The number of anilines is 1. The molecule has 2 aliphatic heterocycles. The molecular weight excluding hydrogens is 421 g/mol. The first-order valence-electron chi connectivity index (χ1n) is 11.2. The third kappa shape index (κ3) is 3.39. The van der Waals surface area contributed by atoms with Crippen LogP contribution in [-0.2, 0) is 13.6 Å². The summed E-state index contributed by atoms with van der Waals surface area (Å²) in [4.78, 5) is 19.5. The van der Waals surface area contributed by atoms with Gasteiger partial charge in [-0.15, -0.1) is 0 Å².